The van der Waals surface area contributed by atoms with E-state index in [1.807, 2.05) is 30.3 Å². The molecule has 0 saturated carbocycles. The molecule has 1 aliphatic rings. The molecule has 144 valence electrons. The van der Waals surface area contributed by atoms with E-state index in [9.17, 15) is 9.59 Å². The summed E-state index contributed by atoms with van der Waals surface area (Å²) in [5, 5.41) is 0.911. The van der Waals surface area contributed by atoms with Crippen molar-refractivity contribution in [2.24, 2.45) is 0 Å². The van der Waals surface area contributed by atoms with Crippen molar-refractivity contribution in [3.8, 4) is 11.5 Å². The van der Waals surface area contributed by atoms with Gasteiger partial charge < -0.3 is 13.9 Å². The van der Waals surface area contributed by atoms with E-state index < -0.39 is 5.97 Å². The maximum atomic E-state index is 12.2. The Morgan fingerprint density at radius 3 is 2.71 bits per heavy atom. The van der Waals surface area contributed by atoms with Crippen molar-refractivity contribution in [1.82, 2.24) is 0 Å². The highest BCUT2D eigenvalue weighted by Crippen LogP contribution is 2.30. The first kappa shape index (κ1) is 18.3. The minimum atomic E-state index is -0.513. The number of rotatable bonds is 5. The number of hydrogen-bond acceptors (Lipinski definition) is 5. The fourth-order valence-electron chi connectivity index (χ4n) is 3.71. The lowest BCUT2D eigenvalue weighted by Crippen LogP contribution is -2.18. The Hall–Kier alpha value is -3.08. The lowest BCUT2D eigenvalue weighted by molar-refractivity contribution is -0.136. The van der Waals surface area contributed by atoms with Crippen molar-refractivity contribution >= 4 is 16.9 Å². The maximum absolute atomic E-state index is 12.2. The van der Waals surface area contributed by atoms with Gasteiger partial charge in [-0.05, 0) is 54.5 Å². The molecule has 0 N–H and O–H groups in total. The van der Waals surface area contributed by atoms with Gasteiger partial charge in [-0.2, -0.15) is 0 Å². The summed E-state index contributed by atoms with van der Waals surface area (Å²) in [5.41, 5.74) is 3.02. The average molecular weight is 378 g/mol. The minimum absolute atomic E-state index is 0.199. The summed E-state index contributed by atoms with van der Waals surface area (Å²) >= 11 is 0. The summed E-state index contributed by atoms with van der Waals surface area (Å²) in [6.45, 7) is 3.94. The maximum Gasteiger partial charge on any atom is 0.349 e. The summed E-state index contributed by atoms with van der Waals surface area (Å²) in [6.07, 6.45) is 2.60. The predicted octanol–water partition coefficient (Wildman–Crippen LogP) is 4.39. The number of carbonyl (C=O) groups excluding carboxylic acids is 1. The van der Waals surface area contributed by atoms with Crippen molar-refractivity contribution < 1.29 is 18.7 Å². The summed E-state index contributed by atoms with van der Waals surface area (Å²) in [6, 6.07) is 12.8. The quantitative estimate of drug-likeness (QED) is 0.374. The monoisotopic (exact) mass is 378 g/mol. The van der Waals surface area contributed by atoms with Crippen LogP contribution in [0.3, 0.4) is 0 Å². The molecule has 0 atom stereocenters. The number of fused-ring (bicyclic) bond motifs is 3. The van der Waals surface area contributed by atoms with Crippen LogP contribution in [-0.4, -0.2) is 12.6 Å². The second kappa shape index (κ2) is 7.50. The SMILES string of the molecule is CC(C)c1ccccc1OCC(=O)Oc1ccc2c3c(c(=O)oc2c1)CCC3. The molecular formula is C23H22O5. The molecule has 5 nitrogen and oxygen atoms in total. The highest BCUT2D eigenvalue weighted by Gasteiger charge is 2.20. The van der Waals surface area contributed by atoms with Crippen molar-refractivity contribution in [3.05, 3.63) is 69.6 Å². The Kier molecular flexibility index (Phi) is 4.90. The first-order valence-corrected chi connectivity index (χ1v) is 9.54. The van der Waals surface area contributed by atoms with Gasteiger partial charge in [-0.3, -0.25) is 0 Å². The largest absolute Gasteiger partial charge is 0.482 e. The summed E-state index contributed by atoms with van der Waals surface area (Å²) in [5.74, 6) is 0.785. The number of benzene rings is 2. The summed E-state index contributed by atoms with van der Waals surface area (Å²) in [7, 11) is 0. The van der Waals surface area contributed by atoms with Gasteiger partial charge in [0.1, 0.15) is 17.1 Å². The van der Waals surface area contributed by atoms with Gasteiger partial charge in [-0.15, -0.1) is 0 Å². The third-order valence-corrected chi connectivity index (χ3v) is 5.06. The van der Waals surface area contributed by atoms with Gasteiger partial charge in [0.2, 0.25) is 0 Å². The molecule has 0 fully saturated rings. The zero-order chi connectivity index (χ0) is 19.7. The van der Waals surface area contributed by atoms with E-state index in [0.29, 0.717) is 17.1 Å². The molecule has 1 heterocycles. The van der Waals surface area contributed by atoms with Gasteiger partial charge in [-0.1, -0.05) is 32.0 Å². The van der Waals surface area contributed by atoms with E-state index in [4.69, 9.17) is 13.9 Å². The van der Waals surface area contributed by atoms with Crippen molar-refractivity contribution in [1.29, 1.82) is 0 Å². The molecule has 0 aliphatic heterocycles. The lowest BCUT2D eigenvalue weighted by atomic mass is 10.0. The van der Waals surface area contributed by atoms with E-state index in [-0.39, 0.29) is 18.2 Å². The Morgan fingerprint density at radius 2 is 1.89 bits per heavy atom. The third kappa shape index (κ3) is 3.52. The van der Waals surface area contributed by atoms with Crippen LogP contribution in [0.1, 0.15) is 42.9 Å². The first-order chi connectivity index (χ1) is 13.5. The van der Waals surface area contributed by atoms with Gasteiger partial charge in [0, 0.05) is 17.0 Å². The summed E-state index contributed by atoms with van der Waals surface area (Å²) in [4.78, 5) is 24.3. The number of aryl methyl sites for hydroxylation is 1. The smallest absolute Gasteiger partial charge is 0.349 e. The molecule has 0 unspecified atom stereocenters. The normalized spacial score (nSPS) is 13.0. The molecule has 0 spiro atoms. The molecule has 4 rings (SSSR count). The molecule has 1 aliphatic carbocycles. The molecule has 28 heavy (non-hydrogen) atoms. The van der Waals surface area contributed by atoms with E-state index >= 15 is 0 Å². The molecule has 0 bridgehead atoms. The van der Waals surface area contributed by atoms with Crippen LogP contribution in [0.5, 0.6) is 11.5 Å². The second-order valence-corrected chi connectivity index (χ2v) is 7.31. The van der Waals surface area contributed by atoms with Crippen LogP contribution in [0, 0.1) is 0 Å². The molecule has 0 radical (unpaired) electrons. The molecule has 0 amide bonds. The van der Waals surface area contributed by atoms with Crippen LogP contribution in [0.25, 0.3) is 11.0 Å². The fraction of sp³-hybridized carbons (Fsp3) is 0.304. The Bertz CT molecular complexity index is 1090. The number of para-hydroxylation sites is 1. The number of hydrogen-bond donors (Lipinski definition) is 0. The van der Waals surface area contributed by atoms with E-state index in [0.717, 1.165) is 41.3 Å². The highest BCUT2D eigenvalue weighted by molar-refractivity contribution is 5.84. The topological polar surface area (TPSA) is 65.7 Å². The Labute approximate surface area is 162 Å². The van der Waals surface area contributed by atoms with Crippen LogP contribution in [0.4, 0.5) is 0 Å². The van der Waals surface area contributed by atoms with Gasteiger partial charge in [-0.25, -0.2) is 9.59 Å². The average Bonchev–Trinajstić information content (AvgIpc) is 3.17. The van der Waals surface area contributed by atoms with Crippen molar-refractivity contribution in [3.63, 3.8) is 0 Å². The fourth-order valence-corrected chi connectivity index (χ4v) is 3.71. The zero-order valence-electron chi connectivity index (χ0n) is 16.0. The van der Waals surface area contributed by atoms with E-state index in [1.165, 1.54) is 0 Å². The number of ether oxygens (including phenoxy) is 2. The van der Waals surface area contributed by atoms with Crippen LogP contribution in [-0.2, 0) is 17.6 Å². The van der Waals surface area contributed by atoms with Crippen molar-refractivity contribution in [2.75, 3.05) is 6.61 Å². The molecule has 1 aromatic heterocycles. The minimum Gasteiger partial charge on any atom is -0.482 e. The Balaban J connectivity index is 1.49. The Morgan fingerprint density at radius 1 is 1.11 bits per heavy atom. The second-order valence-electron chi connectivity index (χ2n) is 7.31. The number of carbonyl (C=O) groups is 1. The van der Waals surface area contributed by atoms with Crippen molar-refractivity contribution in [2.45, 2.75) is 39.0 Å². The van der Waals surface area contributed by atoms with Crippen LogP contribution >= 0.6 is 0 Å². The first-order valence-electron chi connectivity index (χ1n) is 9.54. The lowest BCUT2D eigenvalue weighted by Gasteiger charge is -2.13. The molecule has 0 saturated heterocycles. The third-order valence-electron chi connectivity index (χ3n) is 5.06. The summed E-state index contributed by atoms with van der Waals surface area (Å²) < 4.78 is 16.4. The van der Waals surface area contributed by atoms with Gasteiger partial charge in [0.05, 0.1) is 0 Å². The van der Waals surface area contributed by atoms with E-state index in [1.54, 1.807) is 12.1 Å². The molecule has 2 aromatic carbocycles. The number of esters is 1. The van der Waals surface area contributed by atoms with Crippen LogP contribution in [0.15, 0.2) is 51.7 Å². The van der Waals surface area contributed by atoms with Crippen LogP contribution < -0.4 is 15.1 Å². The molecular weight excluding hydrogens is 356 g/mol. The van der Waals surface area contributed by atoms with Gasteiger partial charge >= 0.3 is 11.6 Å². The van der Waals surface area contributed by atoms with E-state index in [2.05, 4.69) is 13.8 Å². The standard InChI is InChI=1S/C23H22O5/c1-14(2)16-6-3-4-9-20(16)26-13-22(24)27-15-10-11-18-17-7-5-8-19(17)23(25)28-21(18)12-15/h3-4,6,9-12,14H,5,7-8,13H2,1-2H3. The molecule has 3 aromatic rings. The van der Waals surface area contributed by atoms with Gasteiger partial charge in [0.15, 0.2) is 6.61 Å². The van der Waals surface area contributed by atoms with Crippen LogP contribution in [0.2, 0.25) is 0 Å². The highest BCUT2D eigenvalue weighted by atomic mass is 16.6. The van der Waals surface area contributed by atoms with Gasteiger partial charge in [0.25, 0.3) is 0 Å². The predicted molar refractivity (Wildman–Crippen MR) is 106 cm³/mol. The molecule has 5 heteroatoms. The zero-order valence-corrected chi connectivity index (χ0v) is 16.0.